The Balaban J connectivity index is 2.82. The molecule has 0 aromatic rings. The van der Waals surface area contributed by atoms with Gasteiger partial charge in [-0.2, -0.15) is 5.11 Å². The number of rotatable bonds is 0. The maximum absolute atomic E-state index is 5.36. The zero-order valence-electron chi connectivity index (χ0n) is 4.61. The van der Waals surface area contributed by atoms with Crippen LogP contribution in [-0.4, -0.2) is 11.2 Å². The van der Waals surface area contributed by atoms with Crippen molar-refractivity contribution in [2.75, 3.05) is 0 Å². The summed E-state index contributed by atoms with van der Waals surface area (Å²) < 4.78 is 0. The quantitative estimate of drug-likeness (QED) is 0.464. The van der Waals surface area contributed by atoms with Gasteiger partial charge in [-0.25, -0.2) is 0 Å². The molecule has 48 valence electrons. The van der Waals surface area contributed by atoms with Crippen molar-refractivity contribution in [1.82, 2.24) is 0 Å². The Bertz CT molecular complexity index is 195. The highest BCUT2D eigenvalue weighted by Gasteiger charge is 2.08. The minimum absolute atomic E-state index is 0.384. The van der Waals surface area contributed by atoms with Gasteiger partial charge in [0.05, 0.1) is 5.70 Å². The van der Waals surface area contributed by atoms with Crippen molar-refractivity contribution >= 4 is 17.2 Å². The lowest BCUT2D eigenvalue weighted by atomic mass is 10.3. The molecule has 0 saturated heterocycles. The normalized spacial score (nSPS) is 26.1. The SMILES string of the molecule is NC1=CC(=S)N=NC1N. The molecule has 1 atom stereocenters. The van der Waals surface area contributed by atoms with Gasteiger partial charge in [-0.15, -0.1) is 5.11 Å². The molecule has 0 saturated carbocycles. The molecular weight excluding hydrogens is 136 g/mol. The van der Waals surface area contributed by atoms with E-state index in [2.05, 4.69) is 22.4 Å². The fraction of sp³-hybridized carbons (Fsp3) is 0.250. The van der Waals surface area contributed by atoms with Crippen LogP contribution in [0.2, 0.25) is 0 Å². The maximum Gasteiger partial charge on any atom is 0.159 e. The Morgan fingerprint density at radius 1 is 1.67 bits per heavy atom. The molecule has 0 bridgehead atoms. The number of thiocarbonyl (C=S) groups is 1. The summed E-state index contributed by atoms with van der Waals surface area (Å²) in [5.74, 6) is 0. The standard InChI is InChI=1S/C4H6N4S/c5-2-1-3(9)7-8-4(2)6/h1,4H,5-6H2. The van der Waals surface area contributed by atoms with Crippen LogP contribution >= 0.6 is 12.2 Å². The molecule has 1 heterocycles. The first-order valence-corrected chi connectivity index (χ1v) is 2.78. The van der Waals surface area contributed by atoms with E-state index in [0.717, 1.165) is 0 Å². The van der Waals surface area contributed by atoms with Crippen LogP contribution in [0.4, 0.5) is 0 Å². The van der Waals surface area contributed by atoms with Crippen LogP contribution in [0.25, 0.3) is 0 Å². The van der Waals surface area contributed by atoms with Crippen molar-refractivity contribution in [3.63, 3.8) is 0 Å². The first kappa shape index (κ1) is 6.31. The number of nitrogens with zero attached hydrogens (tertiary/aromatic N) is 2. The van der Waals surface area contributed by atoms with E-state index in [1.54, 1.807) is 0 Å². The molecule has 4 N–H and O–H groups in total. The van der Waals surface area contributed by atoms with E-state index in [9.17, 15) is 0 Å². The predicted molar refractivity (Wildman–Crippen MR) is 37.7 cm³/mol. The molecule has 1 aliphatic rings. The third-order valence-electron chi connectivity index (χ3n) is 0.912. The van der Waals surface area contributed by atoms with E-state index in [1.165, 1.54) is 6.08 Å². The molecule has 0 fully saturated rings. The summed E-state index contributed by atoms with van der Waals surface area (Å²) in [6.45, 7) is 0. The van der Waals surface area contributed by atoms with Gasteiger partial charge in [0.1, 0.15) is 4.99 Å². The largest absolute Gasteiger partial charge is 0.399 e. The first-order chi connectivity index (χ1) is 4.20. The molecule has 9 heavy (non-hydrogen) atoms. The summed E-state index contributed by atoms with van der Waals surface area (Å²) in [7, 11) is 0. The van der Waals surface area contributed by atoms with E-state index in [4.69, 9.17) is 11.5 Å². The minimum Gasteiger partial charge on any atom is -0.399 e. The van der Waals surface area contributed by atoms with Crippen molar-refractivity contribution in [2.45, 2.75) is 6.17 Å². The van der Waals surface area contributed by atoms with Crippen LogP contribution in [0.3, 0.4) is 0 Å². The second-order valence-corrected chi connectivity index (χ2v) is 2.06. The lowest BCUT2D eigenvalue weighted by Crippen LogP contribution is -2.27. The number of hydrogen-bond donors (Lipinski definition) is 2. The molecule has 0 aliphatic carbocycles. The molecule has 0 aromatic carbocycles. The summed E-state index contributed by atoms with van der Waals surface area (Å²) in [5.41, 5.74) is 11.2. The van der Waals surface area contributed by atoms with E-state index < -0.39 is 6.17 Å². The monoisotopic (exact) mass is 142 g/mol. The molecule has 1 aliphatic heterocycles. The lowest BCUT2D eigenvalue weighted by Gasteiger charge is -2.07. The second-order valence-electron chi connectivity index (χ2n) is 1.64. The van der Waals surface area contributed by atoms with Gasteiger partial charge in [0.25, 0.3) is 0 Å². The number of nitrogens with two attached hydrogens (primary N) is 2. The smallest absolute Gasteiger partial charge is 0.159 e. The Labute approximate surface area is 57.6 Å². The highest BCUT2D eigenvalue weighted by molar-refractivity contribution is 7.80. The van der Waals surface area contributed by atoms with Crippen molar-refractivity contribution in [3.05, 3.63) is 11.8 Å². The van der Waals surface area contributed by atoms with Crippen LogP contribution in [0.5, 0.6) is 0 Å². The third kappa shape index (κ3) is 1.30. The first-order valence-electron chi connectivity index (χ1n) is 2.37. The van der Waals surface area contributed by atoms with Gasteiger partial charge in [-0.3, -0.25) is 0 Å². The number of hydrogen-bond acceptors (Lipinski definition) is 4. The van der Waals surface area contributed by atoms with E-state index in [0.29, 0.717) is 10.7 Å². The molecule has 1 unspecified atom stereocenters. The van der Waals surface area contributed by atoms with Gasteiger partial charge in [0.15, 0.2) is 6.17 Å². The average Bonchev–Trinajstić information content (AvgIpc) is 1.80. The van der Waals surface area contributed by atoms with Crippen molar-refractivity contribution < 1.29 is 0 Å². The van der Waals surface area contributed by atoms with Crippen molar-refractivity contribution in [1.29, 1.82) is 0 Å². The number of azo groups is 1. The Kier molecular flexibility index (Phi) is 1.54. The predicted octanol–water partition coefficient (Wildman–Crippen LogP) is -0.0930. The van der Waals surface area contributed by atoms with E-state index in [-0.39, 0.29) is 0 Å². The molecule has 0 amide bonds. The molecule has 5 heteroatoms. The van der Waals surface area contributed by atoms with Gasteiger partial charge < -0.3 is 11.5 Å². The van der Waals surface area contributed by atoms with Crippen molar-refractivity contribution in [3.8, 4) is 0 Å². The average molecular weight is 142 g/mol. The van der Waals surface area contributed by atoms with Gasteiger partial charge in [0.2, 0.25) is 0 Å². The van der Waals surface area contributed by atoms with Gasteiger partial charge in [-0.1, -0.05) is 12.2 Å². The zero-order chi connectivity index (χ0) is 6.85. The zero-order valence-corrected chi connectivity index (χ0v) is 5.43. The van der Waals surface area contributed by atoms with Crippen LogP contribution in [-0.2, 0) is 0 Å². The molecule has 0 spiro atoms. The van der Waals surface area contributed by atoms with Crippen molar-refractivity contribution in [2.24, 2.45) is 21.7 Å². The Hall–Kier alpha value is -0.810. The van der Waals surface area contributed by atoms with Gasteiger partial charge in [0, 0.05) is 0 Å². The molecule has 0 radical (unpaired) electrons. The van der Waals surface area contributed by atoms with Crippen LogP contribution in [0, 0.1) is 0 Å². The maximum atomic E-state index is 5.36. The molecule has 4 nitrogen and oxygen atoms in total. The summed E-state index contributed by atoms with van der Waals surface area (Å²) in [6, 6.07) is 0. The van der Waals surface area contributed by atoms with Crippen LogP contribution < -0.4 is 11.5 Å². The molecular formula is C4H6N4S. The lowest BCUT2D eigenvalue weighted by molar-refractivity contribution is 0.755. The van der Waals surface area contributed by atoms with Gasteiger partial charge >= 0.3 is 0 Å². The fourth-order valence-corrected chi connectivity index (χ4v) is 0.626. The van der Waals surface area contributed by atoms with Gasteiger partial charge in [-0.05, 0) is 6.08 Å². The summed E-state index contributed by atoms with van der Waals surface area (Å²) >= 11 is 4.66. The summed E-state index contributed by atoms with van der Waals surface area (Å²) in [6.07, 6.45) is 1.03. The highest BCUT2D eigenvalue weighted by atomic mass is 32.1. The highest BCUT2D eigenvalue weighted by Crippen LogP contribution is 2.02. The van der Waals surface area contributed by atoms with Crippen LogP contribution in [0.1, 0.15) is 0 Å². The summed E-state index contributed by atoms with van der Waals surface area (Å²) in [4.78, 5) is 0.384. The van der Waals surface area contributed by atoms with E-state index in [1.807, 2.05) is 0 Å². The third-order valence-corrected chi connectivity index (χ3v) is 1.11. The Morgan fingerprint density at radius 3 is 2.78 bits per heavy atom. The second kappa shape index (κ2) is 2.20. The molecule has 1 rings (SSSR count). The minimum atomic E-state index is -0.503. The molecule has 0 aromatic heterocycles. The topological polar surface area (TPSA) is 76.8 Å². The van der Waals surface area contributed by atoms with E-state index >= 15 is 0 Å². The Morgan fingerprint density at radius 2 is 2.33 bits per heavy atom. The van der Waals surface area contributed by atoms with Crippen LogP contribution in [0.15, 0.2) is 22.0 Å². The summed E-state index contributed by atoms with van der Waals surface area (Å²) in [5, 5.41) is 7.10. The fourth-order valence-electron chi connectivity index (χ4n) is 0.443.